The van der Waals surface area contributed by atoms with E-state index in [1.807, 2.05) is 11.9 Å². The molecular formula is C13H27N3O. The molecule has 1 saturated heterocycles. The van der Waals surface area contributed by atoms with E-state index in [1.54, 1.807) is 0 Å². The van der Waals surface area contributed by atoms with E-state index in [2.05, 4.69) is 38.0 Å². The number of carbonyl (C=O) groups is 1. The topological polar surface area (TPSA) is 35.6 Å². The van der Waals surface area contributed by atoms with Crippen LogP contribution in [0.25, 0.3) is 0 Å². The summed E-state index contributed by atoms with van der Waals surface area (Å²) in [5.41, 5.74) is -0.0194. The Labute approximate surface area is 105 Å². The van der Waals surface area contributed by atoms with Gasteiger partial charge in [-0.15, -0.1) is 0 Å². The molecule has 0 saturated carbocycles. The van der Waals surface area contributed by atoms with Crippen molar-refractivity contribution >= 4 is 5.91 Å². The van der Waals surface area contributed by atoms with Gasteiger partial charge in [0.2, 0.25) is 5.91 Å². The monoisotopic (exact) mass is 241 g/mol. The van der Waals surface area contributed by atoms with Gasteiger partial charge in [-0.05, 0) is 54.3 Å². The predicted octanol–water partition coefficient (Wildman–Crippen LogP) is 0.927. The maximum absolute atomic E-state index is 12.6. The number of carbonyl (C=O) groups excluding carboxylic acids is 1. The van der Waals surface area contributed by atoms with E-state index in [4.69, 9.17) is 0 Å². The first kappa shape index (κ1) is 14.5. The molecule has 1 rings (SSSR count). The Hall–Kier alpha value is -0.610. The predicted molar refractivity (Wildman–Crippen MR) is 71.0 cm³/mol. The van der Waals surface area contributed by atoms with Gasteiger partial charge < -0.3 is 10.2 Å². The minimum absolute atomic E-state index is 0.0194. The minimum atomic E-state index is -0.0194. The molecule has 0 radical (unpaired) electrons. The number of hydrogen-bond acceptors (Lipinski definition) is 3. The average Bonchev–Trinajstić information content (AvgIpc) is 2.34. The molecule has 1 unspecified atom stereocenters. The summed E-state index contributed by atoms with van der Waals surface area (Å²) in [6.45, 7) is 9.09. The van der Waals surface area contributed by atoms with E-state index < -0.39 is 0 Å². The van der Waals surface area contributed by atoms with E-state index in [0.717, 1.165) is 32.5 Å². The average molecular weight is 241 g/mol. The zero-order valence-corrected chi connectivity index (χ0v) is 11.9. The third kappa shape index (κ3) is 3.19. The first-order valence-electron chi connectivity index (χ1n) is 6.60. The number of likely N-dealkylation sites (N-methyl/N-ethyl adjacent to an activating group) is 2. The molecule has 0 aromatic rings. The van der Waals surface area contributed by atoms with E-state index in [1.165, 1.54) is 0 Å². The van der Waals surface area contributed by atoms with Gasteiger partial charge in [0.1, 0.15) is 0 Å². The lowest BCUT2D eigenvalue weighted by atomic mass is 9.98. The molecule has 17 heavy (non-hydrogen) atoms. The van der Waals surface area contributed by atoms with Crippen LogP contribution in [0.5, 0.6) is 0 Å². The largest absolute Gasteiger partial charge is 0.336 e. The molecule has 1 amide bonds. The van der Waals surface area contributed by atoms with Gasteiger partial charge in [-0.25, -0.2) is 0 Å². The summed E-state index contributed by atoms with van der Waals surface area (Å²) >= 11 is 0. The third-order valence-electron chi connectivity index (χ3n) is 3.87. The van der Waals surface area contributed by atoms with Gasteiger partial charge in [0.05, 0.1) is 6.04 Å². The number of nitrogens with one attached hydrogen (secondary N) is 1. The normalized spacial score (nSPS) is 26.1. The Morgan fingerprint density at radius 1 is 1.47 bits per heavy atom. The molecule has 0 aromatic heterocycles. The molecule has 1 fully saturated rings. The van der Waals surface area contributed by atoms with Crippen LogP contribution >= 0.6 is 0 Å². The van der Waals surface area contributed by atoms with Crippen molar-refractivity contribution in [2.45, 2.75) is 45.2 Å². The standard InChI is InChI=1S/C13H27N3O/c1-6-16-12(17)11(7-9-14-4)15(5)10-8-13(16,2)3/h11,14H,6-10H2,1-5H3. The highest BCUT2D eigenvalue weighted by atomic mass is 16.2. The van der Waals surface area contributed by atoms with E-state index in [9.17, 15) is 4.79 Å². The summed E-state index contributed by atoms with van der Waals surface area (Å²) in [5.74, 6) is 0.285. The molecule has 1 N–H and O–H groups in total. The molecule has 1 aliphatic rings. The van der Waals surface area contributed by atoms with E-state index in [0.29, 0.717) is 0 Å². The first-order chi connectivity index (χ1) is 7.94. The van der Waals surface area contributed by atoms with Crippen LogP contribution < -0.4 is 5.32 Å². The zero-order chi connectivity index (χ0) is 13.1. The van der Waals surface area contributed by atoms with Gasteiger partial charge in [-0.2, -0.15) is 0 Å². The molecule has 100 valence electrons. The fraction of sp³-hybridized carbons (Fsp3) is 0.923. The minimum Gasteiger partial charge on any atom is -0.336 e. The maximum Gasteiger partial charge on any atom is 0.240 e. The Bertz CT molecular complexity index is 265. The van der Waals surface area contributed by atoms with Gasteiger partial charge in [0.25, 0.3) is 0 Å². The highest BCUT2D eigenvalue weighted by Gasteiger charge is 2.38. The van der Waals surface area contributed by atoms with Gasteiger partial charge in [-0.1, -0.05) is 0 Å². The highest BCUT2D eigenvalue weighted by Crippen LogP contribution is 2.25. The van der Waals surface area contributed by atoms with Crippen molar-refractivity contribution < 1.29 is 4.79 Å². The van der Waals surface area contributed by atoms with Gasteiger partial charge in [-0.3, -0.25) is 9.69 Å². The van der Waals surface area contributed by atoms with Crippen LogP contribution in [-0.4, -0.2) is 61.0 Å². The quantitative estimate of drug-likeness (QED) is 0.795. The molecule has 0 bridgehead atoms. The fourth-order valence-electron chi connectivity index (χ4n) is 2.62. The Morgan fingerprint density at radius 3 is 2.65 bits per heavy atom. The lowest BCUT2D eigenvalue weighted by Crippen LogP contribution is -2.51. The molecule has 1 heterocycles. The summed E-state index contributed by atoms with van der Waals surface area (Å²) in [5, 5.41) is 3.13. The Morgan fingerprint density at radius 2 is 2.12 bits per heavy atom. The number of hydrogen-bond donors (Lipinski definition) is 1. The molecular weight excluding hydrogens is 214 g/mol. The highest BCUT2D eigenvalue weighted by molar-refractivity contribution is 5.82. The summed E-state index contributed by atoms with van der Waals surface area (Å²) in [6, 6.07) is 0.0316. The second-order valence-electron chi connectivity index (χ2n) is 5.53. The zero-order valence-electron chi connectivity index (χ0n) is 11.9. The van der Waals surface area contributed by atoms with Gasteiger partial charge >= 0.3 is 0 Å². The number of amides is 1. The number of nitrogens with zero attached hydrogens (tertiary/aromatic N) is 2. The van der Waals surface area contributed by atoms with Crippen molar-refractivity contribution in [3.63, 3.8) is 0 Å². The van der Waals surface area contributed by atoms with Crippen LogP contribution in [0.4, 0.5) is 0 Å². The lowest BCUT2D eigenvalue weighted by Gasteiger charge is -2.37. The first-order valence-corrected chi connectivity index (χ1v) is 6.60. The number of rotatable bonds is 4. The lowest BCUT2D eigenvalue weighted by molar-refractivity contribution is -0.139. The van der Waals surface area contributed by atoms with Crippen LogP contribution in [0.15, 0.2) is 0 Å². The van der Waals surface area contributed by atoms with Crippen molar-refractivity contribution in [3.05, 3.63) is 0 Å². The molecule has 1 aliphatic heterocycles. The molecule has 0 spiro atoms. The van der Waals surface area contributed by atoms with Crippen molar-refractivity contribution in [3.8, 4) is 0 Å². The Balaban J connectivity index is 2.87. The van der Waals surface area contributed by atoms with Crippen LogP contribution in [0.1, 0.15) is 33.6 Å². The Kier molecular flexibility index (Phi) is 4.95. The molecule has 4 heteroatoms. The van der Waals surface area contributed by atoms with Crippen molar-refractivity contribution in [1.82, 2.24) is 15.1 Å². The van der Waals surface area contributed by atoms with Gasteiger partial charge in [0.15, 0.2) is 0 Å². The van der Waals surface area contributed by atoms with Crippen LogP contribution in [0, 0.1) is 0 Å². The third-order valence-corrected chi connectivity index (χ3v) is 3.87. The van der Waals surface area contributed by atoms with Crippen LogP contribution in [0.2, 0.25) is 0 Å². The van der Waals surface area contributed by atoms with Crippen LogP contribution in [-0.2, 0) is 4.79 Å². The van der Waals surface area contributed by atoms with Crippen LogP contribution in [0.3, 0.4) is 0 Å². The summed E-state index contributed by atoms with van der Waals surface area (Å²) in [4.78, 5) is 16.8. The SMILES string of the molecule is CCN1C(=O)C(CCNC)N(C)CCC1(C)C. The summed E-state index contributed by atoms with van der Waals surface area (Å²) in [6.07, 6.45) is 1.93. The van der Waals surface area contributed by atoms with E-state index >= 15 is 0 Å². The summed E-state index contributed by atoms with van der Waals surface area (Å²) < 4.78 is 0. The fourth-order valence-corrected chi connectivity index (χ4v) is 2.62. The second-order valence-corrected chi connectivity index (χ2v) is 5.53. The molecule has 4 nitrogen and oxygen atoms in total. The second kappa shape index (κ2) is 5.83. The van der Waals surface area contributed by atoms with Crippen molar-refractivity contribution in [2.75, 3.05) is 33.7 Å². The molecule has 0 aliphatic carbocycles. The summed E-state index contributed by atoms with van der Waals surface area (Å²) in [7, 11) is 4.00. The maximum atomic E-state index is 12.6. The van der Waals surface area contributed by atoms with Crippen molar-refractivity contribution in [1.29, 1.82) is 0 Å². The van der Waals surface area contributed by atoms with Crippen molar-refractivity contribution in [2.24, 2.45) is 0 Å². The molecule has 0 aromatic carbocycles. The van der Waals surface area contributed by atoms with E-state index in [-0.39, 0.29) is 17.5 Å². The molecule has 1 atom stereocenters. The smallest absolute Gasteiger partial charge is 0.240 e. The van der Waals surface area contributed by atoms with Gasteiger partial charge in [0, 0.05) is 18.6 Å².